The summed E-state index contributed by atoms with van der Waals surface area (Å²) in [5, 5.41) is 0.329. The minimum Gasteiger partial charge on any atom is -0.329 e. The van der Waals surface area contributed by atoms with E-state index in [9.17, 15) is 4.21 Å². The van der Waals surface area contributed by atoms with Crippen molar-refractivity contribution < 1.29 is 4.21 Å². The van der Waals surface area contributed by atoms with Crippen LogP contribution in [0.1, 0.15) is 6.92 Å². The van der Waals surface area contributed by atoms with Gasteiger partial charge in [-0.3, -0.25) is 9.11 Å². The largest absolute Gasteiger partial charge is 0.329 e. The molecule has 0 aromatic rings. The molecule has 1 aliphatic rings. The van der Waals surface area contributed by atoms with Crippen LogP contribution in [-0.4, -0.2) is 46.3 Å². The van der Waals surface area contributed by atoms with Gasteiger partial charge in [0.15, 0.2) is 0 Å². The maximum Gasteiger partial charge on any atom is 0.0447 e. The molecule has 1 heterocycles. The van der Waals surface area contributed by atoms with Crippen LogP contribution in [0.3, 0.4) is 0 Å². The standard InChI is InChI=1S/C7H16N2OS.ClH/c1-7-6-9(3-2-8)4-5-11(7)10;/h7H,2-6,8H2,1H3;1H. The first-order valence-corrected chi connectivity index (χ1v) is 5.42. The summed E-state index contributed by atoms with van der Waals surface area (Å²) in [6, 6.07) is 0. The number of nitrogens with two attached hydrogens (primary N) is 1. The Morgan fingerprint density at radius 3 is 2.83 bits per heavy atom. The van der Waals surface area contributed by atoms with Crippen LogP contribution in [0.5, 0.6) is 0 Å². The molecule has 1 saturated heterocycles. The minimum absolute atomic E-state index is 0. The summed E-state index contributed by atoms with van der Waals surface area (Å²) in [7, 11) is -0.592. The van der Waals surface area contributed by atoms with Gasteiger partial charge in [0.05, 0.1) is 0 Å². The second kappa shape index (κ2) is 5.91. The van der Waals surface area contributed by atoms with Crippen molar-refractivity contribution in [1.82, 2.24) is 4.90 Å². The predicted octanol–water partition coefficient (Wildman–Crippen LogP) is -0.180. The number of hydrogen-bond donors (Lipinski definition) is 1. The molecule has 0 aromatic carbocycles. The predicted molar refractivity (Wildman–Crippen MR) is 55.2 cm³/mol. The molecule has 2 atom stereocenters. The van der Waals surface area contributed by atoms with E-state index in [1.165, 1.54) is 0 Å². The third-order valence-electron chi connectivity index (χ3n) is 2.02. The van der Waals surface area contributed by atoms with Crippen LogP contribution < -0.4 is 5.73 Å². The molecule has 0 amide bonds. The zero-order valence-corrected chi connectivity index (χ0v) is 9.00. The van der Waals surface area contributed by atoms with E-state index in [1.807, 2.05) is 6.92 Å². The van der Waals surface area contributed by atoms with E-state index in [0.29, 0.717) is 11.8 Å². The van der Waals surface area contributed by atoms with E-state index < -0.39 is 10.8 Å². The molecule has 12 heavy (non-hydrogen) atoms. The summed E-state index contributed by atoms with van der Waals surface area (Å²) in [5.74, 6) is 0.821. The maximum absolute atomic E-state index is 11.2. The highest BCUT2D eigenvalue weighted by Crippen LogP contribution is 2.06. The fraction of sp³-hybridized carbons (Fsp3) is 1.00. The molecule has 2 unspecified atom stereocenters. The Morgan fingerprint density at radius 1 is 1.67 bits per heavy atom. The molecule has 0 aromatic heterocycles. The lowest BCUT2D eigenvalue weighted by Crippen LogP contribution is -2.44. The Bertz CT molecular complexity index is 156. The van der Waals surface area contributed by atoms with Gasteiger partial charge < -0.3 is 5.73 Å². The fourth-order valence-corrected chi connectivity index (χ4v) is 2.56. The first-order valence-electron chi connectivity index (χ1n) is 4.03. The highest BCUT2D eigenvalue weighted by Gasteiger charge is 2.21. The van der Waals surface area contributed by atoms with Crippen LogP contribution in [0, 0.1) is 0 Å². The Labute approximate surface area is 82.6 Å². The zero-order valence-electron chi connectivity index (χ0n) is 7.36. The van der Waals surface area contributed by atoms with Crippen molar-refractivity contribution in [3.05, 3.63) is 0 Å². The first kappa shape index (κ1) is 12.4. The minimum atomic E-state index is -0.592. The van der Waals surface area contributed by atoms with E-state index >= 15 is 0 Å². The molecule has 74 valence electrons. The van der Waals surface area contributed by atoms with Gasteiger partial charge in [0.1, 0.15) is 0 Å². The van der Waals surface area contributed by atoms with Gasteiger partial charge in [-0.2, -0.15) is 0 Å². The summed E-state index contributed by atoms with van der Waals surface area (Å²) in [5.41, 5.74) is 5.42. The third kappa shape index (κ3) is 3.39. The van der Waals surface area contributed by atoms with E-state index in [4.69, 9.17) is 5.73 Å². The van der Waals surface area contributed by atoms with E-state index in [2.05, 4.69) is 4.90 Å². The molecule has 2 N–H and O–H groups in total. The zero-order chi connectivity index (χ0) is 8.27. The Morgan fingerprint density at radius 2 is 2.33 bits per heavy atom. The van der Waals surface area contributed by atoms with Gasteiger partial charge in [-0.1, -0.05) is 0 Å². The van der Waals surface area contributed by atoms with Crippen LogP contribution in [-0.2, 0) is 10.8 Å². The molecule has 0 radical (unpaired) electrons. The highest BCUT2D eigenvalue weighted by molar-refractivity contribution is 7.85. The summed E-state index contributed by atoms with van der Waals surface area (Å²) in [6.45, 7) is 5.59. The average molecular weight is 213 g/mol. The molecular formula is C7H17ClN2OS. The van der Waals surface area contributed by atoms with Crippen molar-refractivity contribution in [1.29, 1.82) is 0 Å². The van der Waals surface area contributed by atoms with Crippen LogP contribution in [0.2, 0.25) is 0 Å². The molecule has 0 bridgehead atoms. The van der Waals surface area contributed by atoms with Gasteiger partial charge in [0.25, 0.3) is 0 Å². The molecular weight excluding hydrogens is 196 g/mol. The van der Waals surface area contributed by atoms with E-state index in [-0.39, 0.29) is 12.4 Å². The molecule has 0 aliphatic carbocycles. The summed E-state index contributed by atoms with van der Waals surface area (Å²) in [6.07, 6.45) is 0. The van der Waals surface area contributed by atoms with Crippen molar-refractivity contribution in [3.63, 3.8) is 0 Å². The molecule has 5 heteroatoms. The SMILES string of the molecule is CC1CN(CCN)CCS1=O.Cl. The van der Waals surface area contributed by atoms with Crippen LogP contribution >= 0.6 is 12.4 Å². The molecule has 1 aliphatic heterocycles. The average Bonchev–Trinajstić information content (AvgIpc) is 1.98. The van der Waals surface area contributed by atoms with Crippen molar-refractivity contribution in [2.24, 2.45) is 5.73 Å². The summed E-state index contributed by atoms with van der Waals surface area (Å²) >= 11 is 0. The second-order valence-corrected chi connectivity index (χ2v) is 4.96. The van der Waals surface area contributed by atoms with Crippen molar-refractivity contribution >= 4 is 23.2 Å². The van der Waals surface area contributed by atoms with Crippen LogP contribution in [0.4, 0.5) is 0 Å². The molecule has 3 nitrogen and oxygen atoms in total. The molecule has 0 spiro atoms. The second-order valence-electron chi connectivity index (χ2n) is 2.98. The number of nitrogens with zero attached hydrogens (tertiary/aromatic N) is 1. The van der Waals surface area contributed by atoms with Crippen molar-refractivity contribution in [2.75, 3.05) is 31.9 Å². The van der Waals surface area contributed by atoms with E-state index in [1.54, 1.807) is 0 Å². The van der Waals surface area contributed by atoms with Crippen molar-refractivity contribution in [3.8, 4) is 0 Å². The van der Waals surface area contributed by atoms with Gasteiger partial charge >= 0.3 is 0 Å². The number of rotatable bonds is 2. The molecule has 1 fully saturated rings. The fourth-order valence-electron chi connectivity index (χ4n) is 1.34. The van der Waals surface area contributed by atoms with Crippen LogP contribution in [0.25, 0.3) is 0 Å². The third-order valence-corrected chi connectivity index (χ3v) is 3.65. The monoisotopic (exact) mass is 212 g/mol. The van der Waals surface area contributed by atoms with Gasteiger partial charge in [-0.15, -0.1) is 12.4 Å². The Kier molecular flexibility index (Phi) is 6.09. The quantitative estimate of drug-likeness (QED) is 0.691. The van der Waals surface area contributed by atoms with E-state index in [0.717, 1.165) is 25.4 Å². The first-order chi connectivity index (χ1) is 5.24. The Hall–Kier alpha value is 0.360. The smallest absolute Gasteiger partial charge is 0.0447 e. The van der Waals surface area contributed by atoms with Gasteiger partial charge in [-0.05, 0) is 6.92 Å². The van der Waals surface area contributed by atoms with Gasteiger partial charge in [0.2, 0.25) is 0 Å². The van der Waals surface area contributed by atoms with Gasteiger partial charge in [-0.25, -0.2) is 0 Å². The lowest BCUT2D eigenvalue weighted by molar-refractivity contribution is 0.290. The summed E-state index contributed by atoms with van der Waals surface area (Å²) in [4.78, 5) is 2.28. The maximum atomic E-state index is 11.2. The lowest BCUT2D eigenvalue weighted by Gasteiger charge is -2.29. The van der Waals surface area contributed by atoms with Crippen molar-refractivity contribution in [2.45, 2.75) is 12.2 Å². The Balaban J connectivity index is 0.00000121. The molecule has 0 saturated carbocycles. The number of halogens is 1. The summed E-state index contributed by atoms with van der Waals surface area (Å²) < 4.78 is 11.2. The number of hydrogen-bond acceptors (Lipinski definition) is 3. The van der Waals surface area contributed by atoms with Gasteiger partial charge in [0, 0.05) is 48.0 Å². The normalized spacial score (nSPS) is 31.2. The highest BCUT2D eigenvalue weighted by atomic mass is 35.5. The lowest BCUT2D eigenvalue weighted by atomic mass is 10.4. The van der Waals surface area contributed by atoms with Crippen LogP contribution in [0.15, 0.2) is 0 Å². The molecule has 1 rings (SSSR count). The topological polar surface area (TPSA) is 46.3 Å².